The first-order chi connectivity index (χ1) is 9.10. The molecule has 4 N–H and O–H groups in total. The van der Waals surface area contributed by atoms with Gasteiger partial charge in [-0.05, 0) is 11.6 Å². The molecule has 0 amide bonds. The van der Waals surface area contributed by atoms with Gasteiger partial charge in [-0.2, -0.15) is 9.97 Å². The van der Waals surface area contributed by atoms with E-state index in [1.54, 1.807) is 4.57 Å². The fourth-order valence-corrected chi connectivity index (χ4v) is 2.17. The Kier molecular flexibility index (Phi) is 3.02. The smallest absolute Gasteiger partial charge is 0.226 e. The Balaban J connectivity index is 2.02. The normalized spacial score (nSPS) is 27.2. The van der Waals surface area contributed by atoms with E-state index in [0.717, 1.165) is 0 Å². The zero-order valence-electron chi connectivity index (χ0n) is 9.64. The van der Waals surface area contributed by atoms with E-state index in [4.69, 9.17) is 27.2 Å². The maximum atomic E-state index is 9.68. The Labute approximate surface area is 112 Å². The van der Waals surface area contributed by atoms with Crippen LogP contribution >= 0.6 is 11.6 Å². The summed E-state index contributed by atoms with van der Waals surface area (Å²) < 4.78 is 7.05. The summed E-state index contributed by atoms with van der Waals surface area (Å²) in [5, 5.41) is 18.7. The first-order valence-corrected chi connectivity index (χ1v) is 5.93. The van der Waals surface area contributed by atoms with Gasteiger partial charge in [0.2, 0.25) is 5.28 Å². The summed E-state index contributed by atoms with van der Waals surface area (Å²) in [5.74, 6) is 0.172. The predicted octanol–water partition coefficient (Wildman–Crippen LogP) is -0.483. The third-order valence-electron chi connectivity index (χ3n) is 2.93. The van der Waals surface area contributed by atoms with Gasteiger partial charge >= 0.3 is 0 Å². The first kappa shape index (κ1) is 12.5. The van der Waals surface area contributed by atoms with Gasteiger partial charge in [0.05, 0.1) is 19.0 Å². The van der Waals surface area contributed by atoms with Gasteiger partial charge in [-0.15, -0.1) is 0 Å². The minimum Gasteiger partial charge on any atom is -0.394 e. The lowest BCUT2D eigenvalue weighted by Gasteiger charge is -2.13. The van der Waals surface area contributed by atoms with Gasteiger partial charge < -0.3 is 20.7 Å². The van der Waals surface area contributed by atoms with Crippen molar-refractivity contribution < 1.29 is 14.9 Å². The van der Waals surface area contributed by atoms with Crippen molar-refractivity contribution in [1.82, 2.24) is 19.5 Å². The Morgan fingerprint density at radius 2 is 2.26 bits per heavy atom. The van der Waals surface area contributed by atoms with Crippen LogP contribution in [0.15, 0.2) is 6.33 Å². The van der Waals surface area contributed by atoms with Gasteiger partial charge in [0.25, 0.3) is 0 Å². The van der Waals surface area contributed by atoms with Gasteiger partial charge in [-0.1, -0.05) is 0 Å². The summed E-state index contributed by atoms with van der Waals surface area (Å²) in [7, 11) is 0. The third-order valence-corrected chi connectivity index (χ3v) is 3.10. The number of hydrogen-bond acceptors (Lipinski definition) is 7. The number of aliphatic hydroxyl groups excluding tert-OH is 2. The number of nitrogens with two attached hydrogens (primary N) is 1. The van der Waals surface area contributed by atoms with E-state index in [9.17, 15) is 5.11 Å². The fraction of sp³-hybridized carbons (Fsp3) is 0.400. The maximum absolute atomic E-state index is 9.68. The number of aliphatic hydroxyl groups is 2. The minimum atomic E-state index is -0.859. The van der Waals surface area contributed by atoms with Gasteiger partial charge in [-0.25, -0.2) is 4.98 Å². The highest BCUT2D eigenvalue weighted by atomic mass is 35.5. The molecule has 0 bridgehead atoms. The van der Waals surface area contributed by atoms with E-state index in [1.165, 1.54) is 12.7 Å². The Morgan fingerprint density at radius 3 is 2.95 bits per heavy atom. The lowest BCUT2D eigenvalue weighted by molar-refractivity contribution is -0.0423. The van der Waals surface area contributed by atoms with Gasteiger partial charge in [0, 0.05) is 6.42 Å². The molecule has 0 spiro atoms. The molecule has 0 saturated carbocycles. The lowest BCUT2D eigenvalue weighted by Crippen LogP contribution is -2.24. The van der Waals surface area contributed by atoms with Crippen LogP contribution in [0.3, 0.4) is 0 Å². The Morgan fingerprint density at radius 1 is 1.47 bits per heavy atom. The van der Waals surface area contributed by atoms with Crippen LogP contribution in [-0.2, 0) is 4.74 Å². The average molecular weight is 285 g/mol. The number of fused-ring (bicyclic) bond motifs is 1. The summed E-state index contributed by atoms with van der Waals surface area (Å²) in [6.45, 7) is -0.279. The number of rotatable bonds is 2. The molecule has 3 unspecified atom stereocenters. The molecule has 8 nitrogen and oxygen atoms in total. The van der Waals surface area contributed by atoms with E-state index < -0.39 is 18.4 Å². The summed E-state index contributed by atoms with van der Waals surface area (Å²) in [4.78, 5) is 11.9. The van der Waals surface area contributed by atoms with Crippen molar-refractivity contribution in [3.63, 3.8) is 0 Å². The van der Waals surface area contributed by atoms with E-state index in [1.807, 2.05) is 0 Å². The monoisotopic (exact) mass is 284 g/mol. The molecule has 2 aromatic heterocycles. The third kappa shape index (κ3) is 2.02. The number of aromatic nitrogens is 4. The molecule has 19 heavy (non-hydrogen) atoms. The highest BCUT2D eigenvalue weighted by Crippen LogP contribution is 2.30. The molecule has 1 aliphatic rings. The molecular formula is C10H11ClN5O3. The van der Waals surface area contributed by atoms with E-state index in [-0.39, 0.29) is 17.7 Å². The SMILES string of the molecule is Nc1nc(Cl)nc2c1ncn2C1[CH]C(O)C(CO)O1. The van der Waals surface area contributed by atoms with Crippen molar-refractivity contribution in [1.29, 1.82) is 0 Å². The van der Waals surface area contributed by atoms with Crippen LogP contribution in [0.2, 0.25) is 5.28 Å². The number of nitrogens with zero attached hydrogens (tertiary/aromatic N) is 4. The summed E-state index contributed by atoms with van der Waals surface area (Å²) in [6.07, 6.45) is 0.884. The number of nitrogen functional groups attached to an aromatic ring is 1. The quantitative estimate of drug-likeness (QED) is 0.637. The number of imidazole rings is 1. The van der Waals surface area contributed by atoms with E-state index in [2.05, 4.69) is 15.0 Å². The molecule has 3 atom stereocenters. The van der Waals surface area contributed by atoms with E-state index >= 15 is 0 Å². The molecule has 9 heteroatoms. The number of ether oxygens (including phenoxy) is 1. The molecule has 3 heterocycles. The molecular weight excluding hydrogens is 274 g/mol. The molecule has 1 saturated heterocycles. The number of anilines is 1. The van der Waals surface area contributed by atoms with Crippen molar-refractivity contribution in [3.05, 3.63) is 18.0 Å². The van der Waals surface area contributed by atoms with Crippen LogP contribution in [0.4, 0.5) is 5.82 Å². The highest BCUT2D eigenvalue weighted by Gasteiger charge is 2.35. The number of halogens is 1. The summed E-state index contributed by atoms with van der Waals surface area (Å²) in [5.41, 5.74) is 6.51. The topological polar surface area (TPSA) is 119 Å². The average Bonchev–Trinajstić information content (AvgIpc) is 2.92. The summed E-state index contributed by atoms with van der Waals surface area (Å²) in [6, 6.07) is 0. The molecule has 101 valence electrons. The highest BCUT2D eigenvalue weighted by molar-refractivity contribution is 6.28. The zero-order valence-corrected chi connectivity index (χ0v) is 10.4. The second-order valence-electron chi connectivity index (χ2n) is 4.13. The number of hydrogen-bond donors (Lipinski definition) is 3. The molecule has 0 aliphatic carbocycles. The van der Waals surface area contributed by atoms with Crippen molar-refractivity contribution in [2.75, 3.05) is 12.3 Å². The van der Waals surface area contributed by atoms with Crippen LogP contribution in [0.25, 0.3) is 11.2 Å². The predicted molar refractivity (Wildman–Crippen MR) is 66.0 cm³/mol. The fourth-order valence-electron chi connectivity index (χ4n) is 2.00. The van der Waals surface area contributed by atoms with Crippen molar-refractivity contribution in [2.24, 2.45) is 0 Å². The molecule has 1 radical (unpaired) electrons. The lowest BCUT2D eigenvalue weighted by atomic mass is 10.2. The molecule has 1 aliphatic heterocycles. The minimum absolute atomic E-state index is 0.00371. The second-order valence-corrected chi connectivity index (χ2v) is 4.47. The van der Waals surface area contributed by atoms with E-state index in [0.29, 0.717) is 11.2 Å². The van der Waals surface area contributed by atoms with Gasteiger partial charge in [-0.3, -0.25) is 4.57 Å². The van der Waals surface area contributed by atoms with Crippen LogP contribution in [-0.4, -0.2) is 48.5 Å². The largest absolute Gasteiger partial charge is 0.394 e. The molecule has 2 aromatic rings. The van der Waals surface area contributed by atoms with Crippen molar-refractivity contribution in [3.8, 4) is 0 Å². The van der Waals surface area contributed by atoms with Crippen LogP contribution in [0.5, 0.6) is 0 Å². The molecule has 3 rings (SSSR count). The first-order valence-electron chi connectivity index (χ1n) is 5.55. The van der Waals surface area contributed by atoms with Crippen LogP contribution in [0.1, 0.15) is 6.23 Å². The summed E-state index contributed by atoms with van der Waals surface area (Å²) >= 11 is 5.76. The standard InChI is InChI=1S/C10H11ClN5O3/c11-10-14-8(12)7-9(15-10)16(3-13-7)6-1-4(18)5(2-17)19-6/h1,3-6,17-18H,2H2,(H2,12,14,15). The zero-order chi connectivity index (χ0) is 13.6. The molecule has 1 fully saturated rings. The van der Waals surface area contributed by atoms with Gasteiger partial charge in [0.1, 0.15) is 17.8 Å². The maximum Gasteiger partial charge on any atom is 0.226 e. The Bertz CT molecular complexity index is 618. The second kappa shape index (κ2) is 4.57. The van der Waals surface area contributed by atoms with Crippen LogP contribution < -0.4 is 5.73 Å². The van der Waals surface area contributed by atoms with Crippen molar-refractivity contribution in [2.45, 2.75) is 18.4 Å². The van der Waals surface area contributed by atoms with Crippen LogP contribution in [0, 0.1) is 6.42 Å². The van der Waals surface area contributed by atoms with Crippen molar-refractivity contribution >= 4 is 28.6 Å². The Hall–Kier alpha value is -1.48. The molecule has 0 aromatic carbocycles. The van der Waals surface area contributed by atoms with Gasteiger partial charge in [0.15, 0.2) is 11.5 Å².